The first kappa shape index (κ1) is 12.1. The van der Waals surface area contributed by atoms with Gasteiger partial charge in [0, 0.05) is 38.1 Å². The molecule has 2 rings (SSSR count). The summed E-state index contributed by atoms with van der Waals surface area (Å²) >= 11 is 0. The maximum absolute atomic E-state index is 11.7. The molecule has 0 saturated carbocycles. The zero-order valence-electron chi connectivity index (χ0n) is 10.00. The first-order valence-electron chi connectivity index (χ1n) is 5.56. The van der Waals surface area contributed by atoms with Crippen LogP contribution in [0.25, 0.3) is 0 Å². The molecule has 0 fully saturated rings. The molecule has 1 amide bonds. The highest BCUT2D eigenvalue weighted by atomic mass is 16.3. The molecule has 0 spiro atoms. The highest BCUT2D eigenvalue weighted by Gasteiger charge is 2.06. The minimum absolute atomic E-state index is 0.0192. The molecule has 0 unspecified atom stereocenters. The molecular weight excluding hydrogens is 232 g/mol. The predicted molar refractivity (Wildman–Crippen MR) is 65.1 cm³/mol. The highest BCUT2D eigenvalue weighted by Crippen LogP contribution is 2.08. The summed E-state index contributed by atoms with van der Waals surface area (Å²) in [5, 5.41) is 16.0. The van der Waals surface area contributed by atoms with Gasteiger partial charge in [-0.15, -0.1) is 0 Å². The number of hydrogen-bond acceptors (Lipinski definition) is 4. The van der Waals surface area contributed by atoms with E-state index in [0.29, 0.717) is 18.5 Å². The molecule has 0 aliphatic carbocycles. The van der Waals surface area contributed by atoms with E-state index in [0.717, 1.165) is 5.69 Å². The normalized spacial score (nSPS) is 10.3. The smallest absolute Gasteiger partial charge is 0.252 e. The first-order chi connectivity index (χ1) is 8.66. The van der Waals surface area contributed by atoms with Crippen LogP contribution in [0.3, 0.4) is 0 Å². The molecule has 6 nitrogen and oxygen atoms in total. The van der Waals surface area contributed by atoms with Gasteiger partial charge in [0.1, 0.15) is 5.75 Å². The summed E-state index contributed by atoms with van der Waals surface area (Å²) in [6, 6.07) is 3.29. The standard InChI is InChI=1S/C12H14N4O2/c1-16-10(3-5-15-16)2-4-14-12(18)9-6-11(17)8-13-7-9/h3,5-8,17H,2,4H2,1H3,(H,14,18). The molecular formula is C12H14N4O2. The van der Waals surface area contributed by atoms with Gasteiger partial charge in [0.15, 0.2) is 0 Å². The summed E-state index contributed by atoms with van der Waals surface area (Å²) in [4.78, 5) is 15.5. The number of carbonyl (C=O) groups excluding carboxylic acids is 1. The van der Waals surface area contributed by atoms with Crippen LogP contribution in [0, 0.1) is 0 Å². The van der Waals surface area contributed by atoms with Crippen LogP contribution < -0.4 is 5.32 Å². The summed E-state index contributed by atoms with van der Waals surface area (Å²) in [7, 11) is 1.86. The Morgan fingerprint density at radius 2 is 2.33 bits per heavy atom. The molecule has 0 saturated heterocycles. The van der Waals surface area contributed by atoms with E-state index >= 15 is 0 Å². The predicted octanol–water partition coefficient (Wildman–Crippen LogP) is 0.493. The number of amides is 1. The molecule has 0 aliphatic rings. The molecule has 94 valence electrons. The van der Waals surface area contributed by atoms with Crippen LogP contribution in [0.2, 0.25) is 0 Å². The molecule has 6 heteroatoms. The molecule has 2 aromatic rings. The van der Waals surface area contributed by atoms with Gasteiger partial charge in [-0.05, 0) is 12.1 Å². The topological polar surface area (TPSA) is 80.0 Å². The van der Waals surface area contributed by atoms with E-state index in [4.69, 9.17) is 0 Å². The fourth-order valence-electron chi connectivity index (χ4n) is 1.60. The number of carbonyl (C=O) groups is 1. The van der Waals surface area contributed by atoms with Crippen molar-refractivity contribution in [3.63, 3.8) is 0 Å². The lowest BCUT2D eigenvalue weighted by Gasteiger charge is -2.05. The van der Waals surface area contributed by atoms with Crippen molar-refractivity contribution >= 4 is 5.91 Å². The largest absolute Gasteiger partial charge is 0.506 e. The summed E-state index contributed by atoms with van der Waals surface area (Å²) in [6.07, 6.45) is 5.12. The van der Waals surface area contributed by atoms with Gasteiger partial charge in [0.2, 0.25) is 0 Å². The second-order valence-electron chi connectivity index (χ2n) is 3.88. The van der Waals surface area contributed by atoms with E-state index < -0.39 is 0 Å². The lowest BCUT2D eigenvalue weighted by molar-refractivity contribution is 0.0953. The van der Waals surface area contributed by atoms with Crippen molar-refractivity contribution < 1.29 is 9.90 Å². The Kier molecular flexibility index (Phi) is 3.57. The van der Waals surface area contributed by atoms with Crippen LogP contribution in [0.1, 0.15) is 16.1 Å². The number of nitrogens with zero attached hydrogens (tertiary/aromatic N) is 3. The van der Waals surface area contributed by atoms with Gasteiger partial charge in [-0.1, -0.05) is 0 Å². The van der Waals surface area contributed by atoms with Crippen molar-refractivity contribution in [2.24, 2.45) is 7.05 Å². The second kappa shape index (κ2) is 5.31. The molecule has 2 heterocycles. The van der Waals surface area contributed by atoms with E-state index in [1.165, 1.54) is 18.5 Å². The fourth-order valence-corrected chi connectivity index (χ4v) is 1.60. The van der Waals surface area contributed by atoms with E-state index in [-0.39, 0.29) is 11.7 Å². The van der Waals surface area contributed by atoms with E-state index in [1.54, 1.807) is 10.9 Å². The van der Waals surface area contributed by atoms with Gasteiger partial charge < -0.3 is 10.4 Å². The zero-order chi connectivity index (χ0) is 13.0. The Morgan fingerprint density at radius 3 is 3.00 bits per heavy atom. The number of aryl methyl sites for hydroxylation is 1. The van der Waals surface area contributed by atoms with Crippen LogP contribution >= 0.6 is 0 Å². The average molecular weight is 246 g/mol. The minimum atomic E-state index is -0.249. The molecule has 0 radical (unpaired) electrons. The van der Waals surface area contributed by atoms with Crippen molar-refractivity contribution in [2.75, 3.05) is 6.54 Å². The number of aromatic nitrogens is 3. The third kappa shape index (κ3) is 2.85. The Bertz CT molecular complexity index is 551. The minimum Gasteiger partial charge on any atom is -0.506 e. The summed E-state index contributed by atoms with van der Waals surface area (Å²) in [5.41, 5.74) is 1.39. The Morgan fingerprint density at radius 1 is 1.50 bits per heavy atom. The summed E-state index contributed by atoms with van der Waals surface area (Å²) in [5.74, 6) is -0.269. The van der Waals surface area contributed by atoms with Crippen molar-refractivity contribution in [2.45, 2.75) is 6.42 Å². The maximum Gasteiger partial charge on any atom is 0.252 e. The summed E-state index contributed by atoms with van der Waals surface area (Å²) in [6.45, 7) is 0.508. The Labute approximate surface area is 104 Å². The van der Waals surface area contributed by atoms with Crippen LogP contribution in [-0.2, 0) is 13.5 Å². The third-order valence-corrected chi connectivity index (χ3v) is 2.58. The molecule has 2 aromatic heterocycles. The molecule has 0 bridgehead atoms. The first-order valence-corrected chi connectivity index (χ1v) is 5.56. The van der Waals surface area contributed by atoms with Gasteiger partial charge in [-0.25, -0.2) is 0 Å². The monoisotopic (exact) mass is 246 g/mol. The van der Waals surface area contributed by atoms with Gasteiger partial charge >= 0.3 is 0 Å². The van der Waals surface area contributed by atoms with Crippen molar-refractivity contribution in [3.8, 4) is 5.75 Å². The summed E-state index contributed by atoms with van der Waals surface area (Å²) < 4.78 is 1.77. The number of hydrogen-bond donors (Lipinski definition) is 2. The second-order valence-corrected chi connectivity index (χ2v) is 3.88. The van der Waals surface area contributed by atoms with Gasteiger partial charge in [0.05, 0.1) is 11.8 Å². The molecule has 0 aromatic carbocycles. The molecule has 0 atom stereocenters. The lowest BCUT2D eigenvalue weighted by Crippen LogP contribution is -2.26. The average Bonchev–Trinajstić information content (AvgIpc) is 2.75. The van der Waals surface area contributed by atoms with Gasteiger partial charge in [-0.3, -0.25) is 14.5 Å². The lowest BCUT2D eigenvalue weighted by atomic mass is 10.2. The fraction of sp³-hybridized carbons (Fsp3) is 0.250. The SMILES string of the molecule is Cn1nccc1CCNC(=O)c1cncc(O)c1. The van der Waals surface area contributed by atoms with Crippen LogP contribution in [0.5, 0.6) is 5.75 Å². The molecule has 0 aliphatic heterocycles. The van der Waals surface area contributed by atoms with E-state index in [1.807, 2.05) is 13.1 Å². The third-order valence-electron chi connectivity index (χ3n) is 2.58. The Hall–Kier alpha value is -2.37. The van der Waals surface area contributed by atoms with Gasteiger partial charge in [0.25, 0.3) is 5.91 Å². The zero-order valence-corrected chi connectivity index (χ0v) is 10.00. The number of aromatic hydroxyl groups is 1. The number of rotatable bonds is 4. The van der Waals surface area contributed by atoms with Crippen LogP contribution in [0.4, 0.5) is 0 Å². The Balaban J connectivity index is 1.87. The van der Waals surface area contributed by atoms with Crippen LogP contribution in [-0.4, -0.2) is 32.3 Å². The molecule has 2 N–H and O–H groups in total. The highest BCUT2D eigenvalue weighted by molar-refractivity contribution is 5.94. The van der Waals surface area contributed by atoms with Crippen molar-refractivity contribution in [1.29, 1.82) is 0 Å². The van der Waals surface area contributed by atoms with E-state index in [9.17, 15) is 9.90 Å². The van der Waals surface area contributed by atoms with E-state index in [2.05, 4.69) is 15.4 Å². The number of nitrogens with one attached hydrogen (secondary N) is 1. The van der Waals surface area contributed by atoms with Crippen molar-refractivity contribution in [3.05, 3.63) is 42.0 Å². The van der Waals surface area contributed by atoms with Gasteiger partial charge in [-0.2, -0.15) is 5.10 Å². The molecule has 18 heavy (non-hydrogen) atoms. The number of pyridine rings is 1. The quantitative estimate of drug-likeness (QED) is 0.823. The van der Waals surface area contributed by atoms with Crippen molar-refractivity contribution in [1.82, 2.24) is 20.1 Å². The maximum atomic E-state index is 11.7. The van der Waals surface area contributed by atoms with Crippen LogP contribution in [0.15, 0.2) is 30.7 Å².